The van der Waals surface area contributed by atoms with Gasteiger partial charge in [-0.1, -0.05) is 0 Å². The van der Waals surface area contributed by atoms with Crippen molar-refractivity contribution >= 4 is 23.6 Å². The fourth-order valence-electron chi connectivity index (χ4n) is 3.57. The molecule has 8 nitrogen and oxygen atoms in total. The van der Waals surface area contributed by atoms with Crippen molar-refractivity contribution in [3.8, 4) is 5.75 Å². The monoisotopic (exact) mass is 411 g/mol. The Morgan fingerprint density at radius 1 is 1.10 bits per heavy atom. The summed E-state index contributed by atoms with van der Waals surface area (Å²) in [7, 11) is 0. The number of hydrogen-bond acceptors (Lipinski definition) is 6. The van der Waals surface area contributed by atoms with Gasteiger partial charge in [0.2, 0.25) is 5.91 Å². The molecule has 0 spiro atoms. The molecule has 0 N–H and O–H groups in total. The quantitative estimate of drug-likeness (QED) is 0.395. The number of anilines is 1. The molecule has 0 aromatic heterocycles. The zero-order valence-corrected chi connectivity index (χ0v) is 17.2. The maximum absolute atomic E-state index is 12.5. The number of rotatable bonds is 7. The smallest absolute Gasteiger partial charge is 0.269 e. The van der Waals surface area contributed by atoms with E-state index in [9.17, 15) is 19.7 Å². The molecule has 30 heavy (non-hydrogen) atoms. The maximum atomic E-state index is 12.5. The van der Waals surface area contributed by atoms with Crippen LogP contribution in [0.1, 0.15) is 27.9 Å². The Bertz CT molecular complexity index is 935. The summed E-state index contributed by atoms with van der Waals surface area (Å²) in [6, 6.07) is 9.76. The molecule has 1 aliphatic rings. The number of ether oxygens (including phenoxy) is 1. The van der Waals surface area contributed by atoms with Crippen LogP contribution in [-0.2, 0) is 4.79 Å². The number of hydrogen-bond donors (Lipinski definition) is 0. The fourth-order valence-corrected chi connectivity index (χ4v) is 3.57. The van der Waals surface area contributed by atoms with Crippen molar-refractivity contribution in [3.05, 3.63) is 63.2 Å². The van der Waals surface area contributed by atoms with Crippen LogP contribution in [0.2, 0.25) is 0 Å². The molecule has 3 rings (SSSR count). The largest absolute Gasteiger partial charge is 0.493 e. The van der Waals surface area contributed by atoms with Gasteiger partial charge in [-0.15, -0.1) is 0 Å². The van der Waals surface area contributed by atoms with Crippen LogP contribution in [0.15, 0.2) is 36.4 Å². The third kappa shape index (κ3) is 4.94. The van der Waals surface area contributed by atoms with Crippen LogP contribution in [0, 0.1) is 24.0 Å². The van der Waals surface area contributed by atoms with E-state index < -0.39 is 4.92 Å². The first-order valence-corrected chi connectivity index (χ1v) is 9.85. The van der Waals surface area contributed by atoms with Crippen molar-refractivity contribution in [2.75, 3.05) is 37.7 Å². The van der Waals surface area contributed by atoms with Gasteiger partial charge < -0.3 is 14.5 Å². The maximum Gasteiger partial charge on any atom is 0.269 e. The molecule has 0 atom stereocenters. The average molecular weight is 411 g/mol. The predicted octanol–water partition coefficient (Wildman–Crippen LogP) is 3.14. The lowest BCUT2D eigenvalue weighted by molar-refractivity contribution is -0.384. The first-order chi connectivity index (χ1) is 14.4. The van der Waals surface area contributed by atoms with Crippen LogP contribution < -0.4 is 9.64 Å². The number of non-ortho nitro benzene ring substituents is 1. The van der Waals surface area contributed by atoms with Gasteiger partial charge in [0, 0.05) is 49.6 Å². The molecular formula is C22H25N3O5. The number of carbonyl (C=O) groups is 2. The lowest BCUT2D eigenvalue weighted by Crippen LogP contribution is -2.49. The van der Waals surface area contributed by atoms with Gasteiger partial charge in [0.05, 0.1) is 18.0 Å². The molecule has 0 aliphatic carbocycles. The molecule has 2 aromatic rings. The molecule has 0 unspecified atom stereocenters. The summed E-state index contributed by atoms with van der Waals surface area (Å²) in [5.41, 5.74) is 3.82. The lowest BCUT2D eigenvalue weighted by Gasteiger charge is -2.37. The number of nitro groups is 1. The summed E-state index contributed by atoms with van der Waals surface area (Å²) >= 11 is 0. The molecule has 1 amide bonds. The van der Waals surface area contributed by atoms with E-state index in [0.717, 1.165) is 36.2 Å². The Hall–Kier alpha value is -3.42. The van der Waals surface area contributed by atoms with E-state index in [0.29, 0.717) is 24.4 Å². The number of aldehydes is 1. The van der Waals surface area contributed by atoms with E-state index in [1.807, 2.05) is 30.9 Å². The van der Waals surface area contributed by atoms with Crippen LogP contribution in [0.4, 0.5) is 11.4 Å². The van der Waals surface area contributed by atoms with Gasteiger partial charge in [0.25, 0.3) is 5.69 Å². The highest BCUT2D eigenvalue weighted by Gasteiger charge is 2.22. The standard InChI is InChI=1S/C22H25N3O5/c1-16-14-21(17(2)13-18(16)15-26)23-8-10-24(11-9-23)22(27)7-12-30-20-5-3-19(4-6-20)25(28)29/h3-6,13-15H,7-12H2,1-2H3. The van der Waals surface area contributed by atoms with Gasteiger partial charge in [0.1, 0.15) is 12.0 Å². The van der Waals surface area contributed by atoms with Gasteiger partial charge in [-0.2, -0.15) is 0 Å². The van der Waals surface area contributed by atoms with E-state index in [4.69, 9.17) is 4.74 Å². The van der Waals surface area contributed by atoms with Gasteiger partial charge in [-0.25, -0.2) is 0 Å². The van der Waals surface area contributed by atoms with Gasteiger partial charge in [-0.3, -0.25) is 19.7 Å². The fraction of sp³-hybridized carbons (Fsp3) is 0.364. The number of benzene rings is 2. The molecule has 2 aromatic carbocycles. The summed E-state index contributed by atoms with van der Waals surface area (Å²) in [5.74, 6) is 0.531. The zero-order valence-electron chi connectivity index (χ0n) is 17.2. The molecule has 1 heterocycles. The Kier molecular flexibility index (Phi) is 6.66. The second kappa shape index (κ2) is 9.39. The summed E-state index contributed by atoms with van der Waals surface area (Å²) < 4.78 is 5.53. The third-order valence-electron chi connectivity index (χ3n) is 5.32. The van der Waals surface area contributed by atoms with E-state index >= 15 is 0 Å². The molecule has 0 radical (unpaired) electrons. The zero-order chi connectivity index (χ0) is 21.7. The highest BCUT2D eigenvalue weighted by Crippen LogP contribution is 2.25. The summed E-state index contributed by atoms with van der Waals surface area (Å²) in [5, 5.41) is 10.7. The summed E-state index contributed by atoms with van der Waals surface area (Å²) in [6.45, 7) is 6.87. The minimum Gasteiger partial charge on any atom is -0.493 e. The second-order valence-corrected chi connectivity index (χ2v) is 7.33. The highest BCUT2D eigenvalue weighted by molar-refractivity contribution is 5.80. The number of nitro benzene ring substituents is 1. The number of carbonyl (C=O) groups excluding carboxylic acids is 2. The van der Waals surface area contributed by atoms with Gasteiger partial charge >= 0.3 is 0 Å². The average Bonchev–Trinajstić information content (AvgIpc) is 2.75. The summed E-state index contributed by atoms with van der Waals surface area (Å²) in [6.07, 6.45) is 1.13. The van der Waals surface area contributed by atoms with E-state index in [1.165, 1.54) is 24.3 Å². The molecule has 1 fully saturated rings. The van der Waals surface area contributed by atoms with E-state index in [-0.39, 0.29) is 24.6 Å². The molecule has 0 bridgehead atoms. The summed E-state index contributed by atoms with van der Waals surface area (Å²) in [4.78, 5) is 37.9. The topological polar surface area (TPSA) is 93.0 Å². The Morgan fingerprint density at radius 2 is 1.77 bits per heavy atom. The van der Waals surface area contributed by atoms with E-state index in [1.54, 1.807) is 0 Å². The molecule has 0 saturated carbocycles. The van der Waals surface area contributed by atoms with Crippen LogP contribution in [0.5, 0.6) is 5.75 Å². The Balaban J connectivity index is 1.48. The SMILES string of the molecule is Cc1cc(N2CCN(C(=O)CCOc3ccc([N+](=O)[O-])cc3)CC2)c(C)cc1C=O. The van der Waals surface area contributed by atoms with Crippen molar-refractivity contribution in [1.82, 2.24) is 4.90 Å². The third-order valence-corrected chi connectivity index (χ3v) is 5.32. The lowest BCUT2D eigenvalue weighted by atomic mass is 10.0. The van der Waals surface area contributed by atoms with Gasteiger partial charge in [0.15, 0.2) is 0 Å². The highest BCUT2D eigenvalue weighted by atomic mass is 16.6. The number of nitrogens with zero attached hydrogens (tertiary/aromatic N) is 3. The van der Waals surface area contributed by atoms with E-state index in [2.05, 4.69) is 4.90 Å². The number of amides is 1. The first-order valence-electron chi connectivity index (χ1n) is 9.85. The Labute approximate surface area is 175 Å². The molecule has 8 heteroatoms. The normalized spacial score (nSPS) is 13.8. The molecule has 1 aliphatic heterocycles. The molecular weight excluding hydrogens is 386 g/mol. The van der Waals surface area contributed by atoms with Crippen LogP contribution >= 0.6 is 0 Å². The van der Waals surface area contributed by atoms with Crippen molar-refractivity contribution in [3.63, 3.8) is 0 Å². The van der Waals surface area contributed by atoms with Gasteiger partial charge in [-0.05, 0) is 49.2 Å². The van der Waals surface area contributed by atoms with Crippen molar-refractivity contribution in [1.29, 1.82) is 0 Å². The molecule has 158 valence electrons. The van der Waals surface area contributed by atoms with Crippen LogP contribution in [0.3, 0.4) is 0 Å². The van der Waals surface area contributed by atoms with Crippen molar-refractivity contribution < 1.29 is 19.2 Å². The van der Waals surface area contributed by atoms with Crippen LogP contribution in [-0.4, -0.2) is 54.8 Å². The molecule has 1 saturated heterocycles. The van der Waals surface area contributed by atoms with Crippen LogP contribution in [0.25, 0.3) is 0 Å². The minimum atomic E-state index is -0.466. The minimum absolute atomic E-state index is 0.00234. The first kappa shape index (κ1) is 21.3. The van der Waals surface area contributed by atoms with Crippen molar-refractivity contribution in [2.24, 2.45) is 0 Å². The number of piperazine rings is 1. The second-order valence-electron chi connectivity index (χ2n) is 7.33. The Morgan fingerprint density at radius 3 is 2.37 bits per heavy atom. The van der Waals surface area contributed by atoms with Crippen molar-refractivity contribution in [2.45, 2.75) is 20.3 Å². The number of aryl methyl sites for hydroxylation is 2. The predicted molar refractivity (Wildman–Crippen MR) is 113 cm³/mol.